The van der Waals surface area contributed by atoms with Crippen molar-refractivity contribution >= 4 is 18.4 Å². The zero-order valence-corrected chi connectivity index (χ0v) is 14.4. The van der Waals surface area contributed by atoms with E-state index in [1.807, 2.05) is 6.07 Å². The molecule has 0 aliphatic carbocycles. The Morgan fingerprint density at radius 3 is 2.75 bits per heavy atom. The summed E-state index contributed by atoms with van der Waals surface area (Å²) in [5, 5.41) is 3.27. The van der Waals surface area contributed by atoms with Gasteiger partial charge in [-0.15, -0.1) is 0 Å². The molecule has 0 spiro atoms. The van der Waals surface area contributed by atoms with Crippen LogP contribution in [0, 0.1) is 5.92 Å². The summed E-state index contributed by atoms with van der Waals surface area (Å²) in [6.45, 7) is 7.72. The van der Waals surface area contributed by atoms with E-state index in [2.05, 4.69) is 44.9 Å². The van der Waals surface area contributed by atoms with Crippen molar-refractivity contribution in [3.05, 3.63) is 29.3 Å². The molecule has 5 heteroatoms. The van der Waals surface area contributed by atoms with E-state index in [-0.39, 0.29) is 0 Å². The summed E-state index contributed by atoms with van der Waals surface area (Å²) in [5.74, 6) is 1.96. The maximum absolute atomic E-state index is 5.93. The molecule has 0 radical (unpaired) electrons. The molecular formula is C15H24NO2PS. The van der Waals surface area contributed by atoms with Gasteiger partial charge in [-0.3, -0.25) is 0 Å². The molecule has 1 heterocycles. The third-order valence-electron chi connectivity index (χ3n) is 3.57. The molecule has 0 saturated heterocycles. The van der Waals surface area contributed by atoms with E-state index in [0.717, 1.165) is 24.3 Å². The van der Waals surface area contributed by atoms with E-state index in [0.29, 0.717) is 18.4 Å². The molecule has 0 aromatic heterocycles. The lowest BCUT2D eigenvalue weighted by atomic mass is 9.97. The average molecular weight is 313 g/mol. The second-order valence-electron chi connectivity index (χ2n) is 5.79. The largest absolute Gasteiger partial charge is 0.432 e. The first kappa shape index (κ1) is 16.0. The number of hydrogen-bond acceptors (Lipinski definition) is 3. The Morgan fingerprint density at radius 2 is 2.10 bits per heavy atom. The zero-order valence-electron chi connectivity index (χ0n) is 12.7. The van der Waals surface area contributed by atoms with Crippen LogP contribution < -0.4 is 9.61 Å². The molecule has 3 nitrogen and oxygen atoms in total. The quantitative estimate of drug-likeness (QED) is 0.806. The molecular weight excluding hydrogens is 289 g/mol. The third kappa shape index (κ3) is 3.82. The molecule has 2 rings (SSSR count). The van der Waals surface area contributed by atoms with Crippen LogP contribution in [0.25, 0.3) is 0 Å². The fraction of sp³-hybridized carbons (Fsp3) is 0.600. The molecule has 1 aliphatic rings. The summed E-state index contributed by atoms with van der Waals surface area (Å²) in [4.78, 5) is 0. The average Bonchev–Trinajstić information content (AvgIpc) is 2.44. The standard InChI is InChI=1S/C15H24NO2PS/c1-5-12(4)13-6-7-15-14(8-13)10-17-19(20,18-15)16-9-11(2)3/h6-8,11-12H,5,9-10H2,1-4H3,(H,16,20). The molecule has 20 heavy (non-hydrogen) atoms. The molecule has 2 atom stereocenters. The first-order chi connectivity index (χ1) is 9.43. The van der Waals surface area contributed by atoms with Gasteiger partial charge in [0.25, 0.3) is 0 Å². The minimum Gasteiger partial charge on any atom is -0.432 e. The van der Waals surface area contributed by atoms with E-state index in [9.17, 15) is 0 Å². The number of rotatable bonds is 5. The van der Waals surface area contributed by atoms with Crippen molar-refractivity contribution in [2.45, 2.75) is 46.6 Å². The summed E-state index contributed by atoms with van der Waals surface area (Å²) < 4.78 is 11.7. The number of benzene rings is 1. The lowest BCUT2D eigenvalue weighted by Crippen LogP contribution is -2.23. The van der Waals surface area contributed by atoms with E-state index in [1.54, 1.807) is 0 Å². The Bertz CT molecular complexity index is 519. The van der Waals surface area contributed by atoms with Crippen molar-refractivity contribution in [3.8, 4) is 5.75 Å². The molecule has 0 amide bonds. The van der Waals surface area contributed by atoms with Gasteiger partial charge in [0.05, 0.1) is 6.61 Å². The predicted octanol–water partition coefficient (Wildman–Crippen LogP) is 4.58. The highest BCUT2D eigenvalue weighted by molar-refractivity contribution is 8.09. The molecule has 1 N–H and O–H groups in total. The minimum atomic E-state index is -2.36. The van der Waals surface area contributed by atoms with Gasteiger partial charge in [-0.05, 0) is 47.8 Å². The van der Waals surface area contributed by atoms with Crippen molar-refractivity contribution in [2.75, 3.05) is 6.54 Å². The van der Waals surface area contributed by atoms with Gasteiger partial charge in [-0.1, -0.05) is 33.8 Å². The third-order valence-corrected chi connectivity index (χ3v) is 5.97. The van der Waals surface area contributed by atoms with Crippen molar-refractivity contribution in [1.82, 2.24) is 5.09 Å². The first-order valence-electron chi connectivity index (χ1n) is 7.25. The maximum atomic E-state index is 5.93. The van der Waals surface area contributed by atoms with Crippen molar-refractivity contribution in [1.29, 1.82) is 0 Å². The molecule has 112 valence electrons. The van der Waals surface area contributed by atoms with Crippen LogP contribution in [0.15, 0.2) is 18.2 Å². The van der Waals surface area contributed by atoms with Crippen molar-refractivity contribution in [2.24, 2.45) is 5.92 Å². The Balaban J connectivity index is 2.13. The molecule has 1 aromatic carbocycles. The van der Waals surface area contributed by atoms with Gasteiger partial charge in [0.1, 0.15) is 5.75 Å². The van der Waals surface area contributed by atoms with Crippen LogP contribution in [0.3, 0.4) is 0 Å². The van der Waals surface area contributed by atoms with Gasteiger partial charge in [0, 0.05) is 12.1 Å². The number of hydrogen-bond donors (Lipinski definition) is 1. The Labute approximate surface area is 127 Å². The summed E-state index contributed by atoms with van der Waals surface area (Å²) >= 11 is 5.51. The summed E-state index contributed by atoms with van der Waals surface area (Å²) in [5.41, 5.74) is 2.44. The van der Waals surface area contributed by atoms with Gasteiger partial charge in [0.15, 0.2) is 0 Å². The Morgan fingerprint density at radius 1 is 1.35 bits per heavy atom. The van der Waals surface area contributed by atoms with Crippen LogP contribution >= 0.6 is 6.64 Å². The predicted molar refractivity (Wildman–Crippen MR) is 87.7 cm³/mol. The van der Waals surface area contributed by atoms with E-state index >= 15 is 0 Å². The second-order valence-corrected chi connectivity index (χ2v) is 8.99. The number of nitrogens with one attached hydrogen (secondary N) is 1. The molecule has 1 aliphatic heterocycles. The fourth-order valence-electron chi connectivity index (χ4n) is 2.03. The van der Waals surface area contributed by atoms with Crippen molar-refractivity contribution in [3.63, 3.8) is 0 Å². The van der Waals surface area contributed by atoms with Gasteiger partial charge in [-0.2, -0.15) is 0 Å². The lowest BCUT2D eigenvalue weighted by molar-refractivity contribution is 0.266. The minimum absolute atomic E-state index is 0.524. The van der Waals surface area contributed by atoms with E-state index < -0.39 is 6.64 Å². The smallest absolute Gasteiger partial charge is 0.313 e. The van der Waals surface area contributed by atoms with Crippen LogP contribution in [-0.2, 0) is 22.9 Å². The van der Waals surface area contributed by atoms with E-state index in [1.165, 1.54) is 5.56 Å². The molecule has 0 saturated carbocycles. The molecule has 0 bridgehead atoms. The van der Waals surface area contributed by atoms with Gasteiger partial charge in [-0.25, -0.2) is 5.09 Å². The van der Waals surface area contributed by atoms with Crippen LogP contribution in [-0.4, -0.2) is 6.54 Å². The van der Waals surface area contributed by atoms with Crippen LogP contribution in [0.2, 0.25) is 0 Å². The topological polar surface area (TPSA) is 30.5 Å². The van der Waals surface area contributed by atoms with Gasteiger partial charge < -0.3 is 9.05 Å². The van der Waals surface area contributed by atoms with E-state index in [4.69, 9.17) is 20.9 Å². The fourth-order valence-corrected chi connectivity index (χ4v) is 4.19. The highest BCUT2D eigenvalue weighted by Gasteiger charge is 2.27. The summed E-state index contributed by atoms with van der Waals surface area (Å²) in [6.07, 6.45) is 1.13. The maximum Gasteiger partial charge on any atom is 0.313 e. The van der Waals surface area contributed by atoms with Crippen LogP contribution in [0.4, 0.5) is 0 Å². The summed E-state index contributed by atoms with van der Waals surface area (Å²) in [7, 11) is 0. The SMILES string of the molecule is CCC(C)c1ccc2c(c1)COP(=S)(NCC(C)C)O2. The van der Waals surface area contributed by atoms with Crippen LogP contribution in [0.1, 0.15) is 51.2 Å². The zero-order chi connectivity index (χ0) is 14.8. The highest BCUT2D eigenvalue weighted by Crippen LogP contribution is 2.50. The highest BCUT2D eigenvalue weighted by atomic mass is 32.5. The summed E-state index contributed by atoms with van der Waals surface area (Å²) in [6, 6.07) is 6.36. The Kier molecular flexibility index (Phi) is 5.25. The molecule has 2 unspecified atom stereocenters. The van der Waals surface area contributed by atoms with Crippen LogP contribution in [0.5, 0.6) is 5.75 Å². The van der Waals surface area contributed by atoms with Crippen molar-refractivity contribution < 1.29 is 9.05 Å². The second kappa shape index (κ2) is 6.57. The lowest BCUT2D eigenvalue weighted by Gasteiger charge is -2.30. The molecule has 1 aromatic rings. The molecule has 0 fully saturated rings. The Hall–Kier alpha value is -0.410. The number of fused-ring (bicyclic) bond motifs is 1. The first-order valence-corrected chi connectivity index (χ1v) is 9.89. The van der Waals surface area contributed by atoms with Gasteiger partial charge >= 0.3 is 6.64 Å². The monoisotopic (exact) mass is 313 g/mol. The normalized spacial score (nSPS) is 23.2. The van der Waals surface area contributed by atoms with Gasteiger partial charge in [0.2, 0.25) is 0 Å².